The Morgan fingerprint density at radius 3 is 2.72 bits per heavy atom. The molecule has 1 aliphatic heterocycles. The molecule has 2 aromatic rings. The first kappa shape index (κ1) is 17.5. The largest absolute Gasteiger partial charge is 0.338 e. The van der Waals surface area contributed by atoms with Crippen molar-refractivity contribution < 1.29 is 13.7 Å². The standard InChI is InChI=1S/C18H23FN4O2/c1-3-4-16-20-17(25-21-16)12-22-7-9-23(10-8-22)18(24)14-6-5-13(2)15(19)11-14/h5-6,11H,3-4,7-10,12H2,1-2H3. The van der Waals surface area contributed by atoms with Crippen LogP contribution in [0.25, 0.3) is 0 Å². The van der Waals surface area contributed by atoms with Gasteiger partial charge in [0, 0.05) is 38.2 Å². The number of carbonyl (C=O) groups is 1. The van der Waals surface area contributed by atoms with Crippen LogP contribution in [0.1, 0.15) is 41.0 Å². The molecule has 0 bridgehead atoms. The quantitative estimate of drug-likeness (QED) is 0.832. The lowest BCUT2D eigenvalue weighted by atomic mass is 10.1. The van der Waals surface area contributed by atoms with Crippen LogP contribution in [-0.4, -0.2) is 52.0 Å². The van der Waals surface area contributed by atoms with E-state index in [1.807, 2.05) is 0 Å². The molecule has 6 nitrogen and oxygen atoms in total. The molecule has 7 heteroatoms. The van der Waals surface area contributed by atoms with Crippen molar-refractivity contribution in [1.29, 1.82) is 0 Å². The van der Waals surface area contributed by atoms with Gasteiger partial charge in [0.15, 0.2) is 5.82 Å². The molecule has 25 heavy (non-hydrogen) atoms. The summed E-state index contributed by atoms with van der Waals surface area (Å²) in [5.74, 6) is 0.891. The normalized spacial score (nSPS) is 15.6. The first-order chi connectivity index (χ1) is 12.1. The highest BCUT2D eigenvalue weighted by Gasteiger charge is 2.23. The summed E-state index contributed by atoms with van der Waals surface area (Å²) in [6.07, 6.45) is 1.80. The van der Waals surface area contributed by atoms with Crippen molar-refractivity contribution in [2.24, 2.45) is 0 Å². The maximum atomic E-state index is 13.7. The molecule has 0 radical (unpaired) electrons. The molecule has 1 aliphatic rings. The molecule has 0 atom stereocenters. The molecule has 134 valence electrons. The molecule has 0 unspecified atom stereocenters. The number of halogens is 1. The maximum absolute atomic E-state index is 13.7. The number of nitrogens with zero attached hydrogens (tertiary/aromatic N) is 4. The molecule has 1 aromatic carbocycles. The van der Waals surface area contributed by atoms with Crippen LogP contribution in [-0.2, 0) is 13.0 Å². The maximum Gasteiger partial charge on any atom is 0.254 e. The molecule has 2 heterocycles. The fraction of sp³-hybridized carbons (Fsp3) is 0.500. The van der Waals surface area contributed by atoms with Gasteiger partial charge in [-0.1, -0.05) is 18.1 Å². The van der Waals surface area contributed by atoms with E-state index < -0.39 is 0 Å². The average molecular weight is 346 g/mol. The summed E-state index contributed by atoms with van der Waals surface area (Å²) in [7, 11) is 0. The van der Waals surface area contributed by atoms with Crippen molar-refractivity contribution in [3.8, 4) is 0 Å². The van der Waals surface area contributed by atoms with E-state index in [4.69, 9.17) is 4.52 Å². The summed E-state index contributed by atoms with van der Waals surface area (Å²) in [6.45, 7) is 7.02. The van der Waals surface area contributed by atoms with Gasteiger partial charge in [-0.15, -0.1) is 0 Å². The van der Waals surface area contributed by atoms with E-state index in [0.717, 1.165) is 31.8 Å². The molecular weight excluding hydrogens is 323 g/mol. The van der Waals surface area contributed by atoms with Crippen LogP contribution in [0.15, 0.2) is 22.7 Å². The number of benzene rings is 1. The Hall–Kier alpha value is -2.28. The molecule has 0 saturated carbocycles. The fourth-order valence-corrected chi connectivity index (χ4v) is 2.89. The SMILES string of the molecule is CCCc1noc(CN2CCN(C(=O)c3ccc(C)c(F)c3)CC2)n1. The van der Waals surface area contributed by atoms with Crippen molar-refractivity contribution in [1.82, 2.24) is 19.9 Å². The predicted molar refractivity (Wildman–Crippen MR) is 90.6 cm³/mol. The van der Waals surface area contributed by atoms with E-state index in [0.29, 0.717) is 36.7 Å². The number of rotatable bonds is 5. The van der Waals surface area contributed by atoms with E-state index in [9.17, 15) is 9.18 Å². The molecule has 1 fully saturated rings. The molecule has 0 spiro atoms. The number of aromatic nitrogens is 2. The van der Waals surface area contributed by atoms with Crippen LogP contribution in [0.3, 0.4) is 0 Å². The van der Waals surface area contributed by atoms with Crippen LogP contribution in [0.5, 0.6) is 0 Å². The zero-order chi connectivity index (χ0) is 17.8. The second-order valence-corrected chi connectivity index (χ2v) is 6.39. The topological polar surface area (TPSA) is 62.5 Å². The summed E-state index contributed by atoms with van der Waals surface area (Å²) in [6, 6.07) is 4.64. The second kappa shape index (κ2) is 7.74. The Morgan fingerprint density at radius 2 is 2.04 bits per heavy atom. The Labute approximate surface area is 146 Å². The van der Waals surface area contributed by atoms with Crippen molar-refractivity contribution >= 4 is 5.91 Å². The average Bonchev–Trinajstić information content (AvgIpc) is 3.05. The minimum Gasteiger partial charge on any atom is -0.338 e. The van der Waals surface area contributed by atoms with Crippen LogP contribution >= 0.6 is 0 Å². The van der Waals surface area contributed by atoms with E-state index in [2.05, 4.69) is 22.0 Å². The zero-order valence-corrected chi connectivity index (χ0v) is 14.7. The van der Waals surface area contributed by atoms with Gasteiger partial charge < -0.3 is 9.42 Å². The van der Waals surface area contributed by atoms with Crippen molar-refractivity contribution in [3.63, 3.8) is 0 Å². The lowest BCUT2D eigenvalue weighted by molar-refractivity contribution is 0.0614. The highest BCUT2D eigenvalue weighted by Crippen LogP contribution is 2.14. The Morgan fingerprint density at radius 1 is 1.28 bits per heavy atom. The number of hydrogen-bond acceptors (Lipinski definition) is 5. The minimum atomic E-state index is -0.344. The molecule has 0 N–H and O–H groups in total. The van der Waals surface area contributed by atoms with Gasteiger partial charge in [-0.25, -0.2) is 4.39 Å². The van der Waals surface area contributed by atoms with Crippen LogP contribution in [0.2, 0.25) is 0 Å². The van der Waals surface area contributed by atoms with Gasteiger partial charge in [-0.05, 0) is 31.0 Å². The van der Waals surface area contributed by atoms with Crippen LogP contribution < -0.4 is 0 Å². The smallest absolute Gasteiger partial charge is 0.254 e. The third-order valence-corrected chi connectivity index (χ3v) is 4.42. The molecule has 1 amide bonds. The molecule has 3 rings (SSSR count). The summed E-state index contributed by atoms with van der Waals surface area (Å²) in [5.41, 5.74) is 0.945. The fourth-order valence-electron chi connectivity index (χ4n) is 2.89. The number of carbonyl (C=O) groups excluding carboxylic acids is 1. The van der Waals surface area contributed by atoms with Crippen molar-refractivity contribution in [2.45, 2.75) is 33.2 Å². The number of aryl methyl sites for hydroxylation is 2. The van der Waals surface area contributed by atoms with E-state index in [-0.39, 0.29) is 11.7 Å². The lowest BCUT2D eigenvalue weighted by Gasteiger charge is -2.34. The third-order valence-electron chi connectivity index (χ3n) is 4.42. The van der Waals surface area contributed by atoms with Gasteiger partial charge in [-0.2, -0.15) is 4.98 Å². The van der Waals surface area contributed by atoms with E-state index in [1.165, 1.54) is 6.07 Å². The lowest BCUT2D eigenvalue weighted by Crippen LogP contribution is -2.48. The predicted octanol–water partition coefficient (Wildman–Crippen LogP) is 2.43. The number of piperazine rings is 1. The van der Waals surface area contributed by atoms with Gasteiger partial charge in [0.1, 0.15) is 5.82 Å². The van der Waals surface area contributed by atoms with Gasteiger partial charge in [0.2, 0.25) is 5.89 Å². The summed E-state index contributed by atoms with van der Waals surface area (Å²) in [4.78, 5) is 20.8. The zero-order valence-electron chi connectivity index (χ0n) is 14.7. The minimum absolute atomic E-state index is 0.124. The van der Waals surface area contributed by atoms with Crippen molar-refractivity contribution in [2.75, 3.05) is 26.2 Å². The Balaban J connectivity index is 1.54. The third kappa shape index (κ3) is 4.22. The van der Waals surface area contributed by atoms with E-state index in [1.54, 1.807) is 24.0 Å². The van der Waals surface area contributed by atoms with Gasteiger partial charge >= 0.3 is 0 Å². The van der Waals surface area contributed by atoms with Gasteiger partial charge in [0.25, 0.3) is 5.91 Å². The Kier molecular flexibility index (Phi) is 5.43. The monoisotopic (exact) mass is 346 g/mol. The van der Waals surface area contributed by atoms with E-state index >= 15 is 0 Å². The first-order valence-electron chi connectivity index (χ1n) is 8.66. The number of hydrogen-bond donors (Lipinski definition) is 0. The Bertz CT molecular complexity index is 738. The van der Waals surface area contributed by atoms with Crippen LogP contribution in [0, 0.1) is 12.7 Å². The number of amides is 1. The summed E-state index contributed by atoms with van der Waals surface area (Å²) < 4.78 is 18.9. The molecule has 1 aromatic heterocycles. The van der Waals surface area contributed by atoms with Crippen molar-refractivity contribution in [3.05, 3.63) is 46.9 Å². The van der Waals surface area contributed by atoms with Gasteiger partial charge in [-0.3, -0.25) is 9.69 Å². The molecule has 0 aliphatic carbocycles. The second-order valence-electron chi connectivity index (χ2n) is 6.39. The summed E-state index contributed by atoms with van der Waals surface area (Å²) in [5, 5.41) is 3.96. The highest BCUT2D eigenvalue weighted by molar-refractivity contribution is 5.94. The first-order valence-corrected chi connectivity index (χ1v) is 8.66. The highest BCUT2D eigenvalue weighted by atomic mass is 19.1. The summed E-state index contributed by atoms with van der Waals surface area (Å²) >= 11 is 0. The van der Waals surface area contributed by atoms with Gasteiger partial charge in [0.05, 0.1) is 6.54 Å². The van der Waals surface area contributed by atoms with Crippen LogP contribution in [0.4, 0.5) is 4.39 Å². The molecule has 1 saturated heterocycles. The molecular formula is C18H23FN4O2.